The Hall–Kier alpha value is -3.48. The summed E-state index contributed by atoms with van der Waals surface area (Å²) in [7, 11) is 0. The summed E-state index contributed by atoms with van der Waals surface area (Å²) in [4.78, 5) is 25.5. The number of anilines is 4. The van der Waals surface area contributed by atoms with Crippen LogP contribution in [0, 0.1) is 0 Å². The van der Waals surface area contributed by atoms with Gasteiger partial charge in [0.05, 0.1) is 11.4 Å². The molecule has 0 N–H and O–H groups in total. The Labute approximate surface area is 131 Å². The van der Waals surface area contributed by atoms with Crippen LogP contribution >= 0.6 is 0 Å². The molecule has 1 heterocycles. The van der Waals surface area contributed by atoms with Gasteiger partial charge in [-0.1, -0.05) is 36.4 Å². The number of nitrogens with zero attached hydrogens (tertiary/aromatic N) is 4. The van der Waals surface area contributed by atoms with Crippen molar-refractivity contribution in [3.05, 3.63) is 60.7 Å². The van der Waals surface area contributed by atoms with Gasteiger partial charge in [-0.15, -0.1) is 0 Å². The van der Waals surface area contributed by atoms with E-state index in [1.165, 1.54) is 9.80 Å². The van der Waals surface area contributed by atoms with Crippen molar-refractivity contribution in [3.63, 3.8) is 0 Å². The van der Waals surface area contributed by atoms with Gasteiger partial charge in [0.1, 0.15) is 0 Å². The van der Waals surface area contributed by atoms with Gasteiger partial charge < -0.3 is 0 Å². The van der Waals surface area contributed by atoms with Crippen LogP contribution in [0.5, 0.6) is 0 Å². The van der Waals surface area contributed by atoms with Gasteiger partial charge in [0, 0.05) is 0 Å². The number of hydrogen-bond donors (Lipinski definition) is 0. The zero-order valence-corrected chi connectivity index (χ0v) is 11.9. The number of carbonyl (C=O) groups excluding carboxylic acids is 2. The van der Waals surface area contributed by atoms with Crippen molar-refractivity contribution in [2.24, 2.45) is 0 Å². The molecule has 0 aliphatic carbocycles. The maximum absolute atomic E-state index is 11.5. The molecule has 3 rings (SSSR count). The van der Waals surface area contributed by atoms with Gasteiger partial charge in [0.25, 0.3) is 0 Å². The highest BCUT2D eigenvalue weighted by atomic mass is 16.6. The van der Waals surface area contributed by atoms with Crippen LogP contribution < -0.4 is 9.80 Å². The number of rotatable bonds is 6. The van der Waals surface area contributed by atoms with E-state index in [-0.39, 0.29) is 11.6 Å². The lowest BCUT2D eigenvalue weighted by molar-refractivity contribution is -0.107. The van der Waals surface area contributed by atoms with Crippen LogP contribution in [0.2, 0.25) is 0 Å². The summed E-state index contributed by atoms with van der Waals surface area (Å²) in [5, 5.41) is 7.53. The second-order valence-electron chi connectivity index (χ2n) is 4.53. The number of amides is 2. The summed E-state index contributed by atoms with van der Waals surface area (Å²) in [6, 6.07) is 17.7. The molecular weight excluding hydrogens is 296 g/mol. The fourth-order valence-electron chi connectivity index (χ4n) is 2.13. The lowest BCUT2D eigenvalue weighted by Crippen LogP contribution is -2.21. The predicted molar refractivity (Wildman–Crippen MR) is 83.6 cm³/mol. The summed E-state index contributed by atoms with van der Waals surface area (Å²) in [5.41, 5.74) is 1.16. The summed E-state index contributed by atoms with van der Waals surface area (Å²) in [5.74, 6) is 0.254. The third-order valence-corrected chi connectivity index (χ3v) is 3.19. The molecule has 7 heteroatoms. The van der Waals surface area contributed by atoms with Gasteiger partial charge in [-0.05, 0) is 34.6 Å². The summed E-state index contributed by atoms with van der Waals surface area (Å²) in [6.07, 6.45) is 1.18. The van der Waals surface area contributed by atoms with Gasteiger partial charge in [0.15, 0.2) is 0 Å². The predicted octanol–water partition coefficient (Wildman–Crippen LogP) is 2.66. The topological polar surface area (TPSA) is 79.5 Å². The lowest BCUT2D eigenvalue weighted by Gasteiger charge is -2.19. The van der Waals surface area contributed by atoms with E-state index in [2.05, 4.69) is 10.3 Å². The summed E-state index contributed by atoms with van der Waals surface area (Å²) in [6.45, 7) is 0. The van der Waals surface area contributed by atoms with Crippen molar-refractivity contribution in [2.75, 3.05) is 9.80 Å². The quantitative estimate of drug-likeness (QED) is 0.654. The van der Waals surface area contributed by atoms with Crippen LogP contribution in [0.25, 0.3) is 0 Å². The third kappa shape index (κ3) is 2.80. The van der Waals surface area contributed by atoms with E-state index in [1.54, 1.807) is 48.5 Å². The van der Waals surface area contributed by atoms with Gasteiger partial charge in [-0.2, -0.15) is 0 Å². The van der Waals surface area contributed by atoms with E-state index in [9.17, 15) is 9.59 Å². The van der Waals surface area contributed by atoms with Crippen molar-refractivity contribution >= 4 is 35.8 Å². The number of para-hydroxylation sites is 2. The average Bonchev–Trinajstić information content (AvgIpc) is 3.07. The average molecular weight is 308 g/mol. The van der Waals surface area contributed by atoms with Crippen LogP contribution in [0.1, 0.15) is 0 Å². The van der Waals surface area contributed by atoms with E-state index < -0.39 is 0 Å². The lowest BCUT2D eigenvalue weighted by atomic mass is 10.3. The summed E-state index contributed by atoms with van der Waals surface area (Å²) >= 11 is 0. The highest BCUT2D eigenvalue weighted by Gasteiger charge is 2.24. The monoisotopic (exact) mass is 308 g/mol. The minimum absolute atomic E-state index is 0.127. The zero-order valence-electron chi connectivity index (χ0n) is 11.9. The van der Waals surface area contributed by atoms with Crippen molar-refractivity contribution in [3.8, 4) is 0 Å². The highest BCUT2D eigenvalue weighted by Crippen LogP contribution is 2.33. The second kappa shape index (κ2) is 6.52. The molecule has 0 bridgehead atoms. The van der Waals surface area contributed by atoms with Crippen LogP contribution in [-0.4, -0.2) is 23.1 Å². The first-order chi connectivity index (χ1) is 11.3. The molecule has 0 unspecified atom stereocenters. The standard InChI is InChI=1S/C16H12N4O3/c21-11-19(13-7-3-1-4-8-13)15-16(18-23-17-15)20(12-22)14-9-5-2-6-10-14/h1-12H. The zero-order chi connectivity index (χ0) is 16.1. The molecule has 0 radical (unpaired) electrons. The molecule has 2 amide bonds. The molecular formula is C16H12N4O3. The smallest absolute Gasteiger partial charge is 0.229 e. The molecule has 0 fully saturated rings. The number of aromatic nitrogens is 2. The Morgan fingerprint density at radius 1 is 0.696 bits per heavy atom. The fourth-order valence-corrected chi connectivity index (χ4v) is 2.13. The van der Waals surface area contributed by atoms with E-state index in [4.69, 9.17) is 4.63 Å². The summed E-state index contributed by atoms with van der Waals surface area (Å²) < 4.78 is 4.75. The fraction of sp³-hybridized carbons (Fsp3) is 0. The van der Waals surface area contributed by atoms with Crippen molar-refractivity contribution in [1.82, 2.24) is 10.3 Å². The van der Waals surface area contributed by atoms with E-state index in [0.717, 1.165) is 0 Å². The normalized spacial score (nSPS) is 10.1. The van der Waals surface area contributed by atoms with Crippen LogP contribution in [0.4, 0.5) is 23.0 Å². The molecule has 114 valence electrons. The minimum Gasteiger partial charge on any atom is -0.278 e. The van der Waals surface area contributed by atoms with Gasteiger partial charge >= 0.3 is 0 Å². The van der Waals surface area contributed by atoms with Crippen LogP contribution in [0.15, 0.2) is 65.3 Å². The molecule has 1 aromatic heterocycles. The van der Waals surface area contributed by atoms with Gasteiger partial charge in [-0.3, -0.25) is 19.4 Å². The first-order valence-corrected chi connectivity index (χ1v) is 6.77. The van der Waals surface area contributed by atoms with Crippen molar-refractivity contribution in [2.45, 2.75) is 0 Å². The second-order valence-corrected chi connectivity index (χ2v) is 4.53. The van der Waals surface area contributed by atoms with Crippen LogP contribution in [-0.2, 0) is 9.59 Å². The molecule has 0 spiro atoms. The first-order valence-electron chi connectivity index (χ1n) is 6.77. The Balaban J connectivity index is 2.04. The SMILES string of the molecule is O=CN(c1ccccc1)c1nonc1N(C=O)c1ccccc1. The molecule has 23 heavy (non-hydrogen) atoms. The van der Waals surface area contributed by atoms with Gasteiger partial charge in [0.2, 0.25) is 24.5 Å². The molecule has 0 saturated heterocycles. The number of hydrogen-bond acceptors (Lipinski definition) is 5. The number of carbonyl (C=O) groups is 2. The maximum atomic E-state index is 11.5. The van der Waals surface area contributed by atoms with E-state index in [0.29, 0.717) is 24.2 Å². The van der Waals surface area contributed by atoms with Crippen molar-refractivity contribution in [1.29, 1.82) is 0 Å². The Bertz CT molecular complexity index is 723. The van der Waals surface area contributed by atoms with E-state index >= 15 is 0 Å². The molecule has 0 aliphatic rings. The Kier molecular flexibility index (Phi) is 4.10. The Morgan fingerprint density at radius 3 is 1.43 bits per heavy atom. The molecule has 3 aromatic rings. The Morgan fingerprint density at radius 2 is 1.09 bits per heavy atom. The number of benzene rings is 2. The minimum atomic E-state index is 0.127. The van der Waals surface area contributed by atoms with Crippen molar-refractivity contribution < 1.29 is 14.2 Å². The largest absolute Gasteiger partial charge is 0.278 e. The first kappa shape index (κ1) is 14.5. The van der Waals surface area contributed by atoms with Crippen LogP contribution in [0.3, 0.4) is 0 Å². The molecule has 0 atom stereocenters. The molecule has 2 aromatic carbocycles. The van der Waals surface area contributed by atoms with E-state index in [1.807, 2.05) is 12.1 Å². The maximum Gasteiger partial charge on any atom is 0.229 e. The molecule has 0 saturated carbocycles. The van der Waals surface area contributed by atoms with Gasteiger partial charge in [-0.25, -0.2) is 4.63 Å². The third-order valence-electron chi connectivity index (χ3n) is 3.19. The molecule has 7 nitrogen and oxygen atoms in total. The highest BCUT2D eigenvalue weighted by molar-refractivity contribution is 5.95. The molecule has 0 aliphatic heterocycles.